The fourth-order valence-electron chi connectivity index (χ4n) is 13.7. The van der Waals surface area contributed by atoms with Crippen LogP contribution in [0.15, 0.2) is 241 Å². The maximum atomic E-state index is 5.72. The lowest BCUT2D eigenvalue weighted by molar-refractivity contribution is 0.660. The standard InChI is InChI=1S/C69H50N5/c1-69(2)57-25-10-5-20-49(57)54-39-43(30-34-58(54)69)67-66-48-19-4-3-16-42(48)31-35-59(66)70-68(71-67)44-17-15-18-45(38-44)72-64-36-32-46(73-60-26-11-6-21-50(60)51-22-7-12-27-61(51)73)40-55(64)56-41-47(33-37-65(56)72)74-62-28-13-8-23-52(62)53-24-9-14-29-63(53)74/h3-32,34-36,38-41,55,64,68H,33,37H2,1-2H3/q-1. The number of hydrogen-bond donors (Lipinski definition) is 0. The Morgan fingerprint density at radius 3 is 1.92 bits per heavy atom. The fourth-order valence-corrected chi connectivity index (χ4v) is 13.7. The summed E-state index contributed by atoms with van der Waals surface area (Å²) in [7, 11) is 0. The van der Waals surface area contributed by atoms with Gasteiger partial charge in [0.2, 0.25) is 0 Å². The summed E-state index contributed by atoms with van der Waals surface area (Å²) in [5.74, 6) is 0.107. The van der Waals surface area contributed by atoms with Crippen LogP contribution in [0.5, 0.6) is 0 Å². The number of anilines is 1. The van der Waals surface area contributed by atoms with Gasteiger partial charge in [-0.15, -0.1) is 5.69 Å². The normalized spacial score (nSPS) is 19.3. The van der Waals surface area contributed by atoms with Crippen molar-refractivity contribution in [2.75, 3.05) is 4.90 Å². The number of aromatic nitrogens is 2. The molecule has 9 aromatic carbocycles. The number of para-hydroxylation sites is 4. The lowest BCUT2D eigenvalue weighted by Crippen LogP contribution is -2.33. The number of hydrogen-bond acceptors (Lipinski definition) is 2. The van der Waals surface area contributed by atoms with Crippen LogP contribution in [0.25, 0.3) is 82.2 Å². The van der Waals surface area contributed by atoms with E-state index in [1.807, 2.05) is 0 Å². The van der Waals surface area contributed by atoms with Gasteiger partial charge in [0.25, 0.3) is 0 Å². The van der Waals surface area contributed by atoms with Crippen LogP contribution in [0.4, 0.5) is 11.4 Å². The molecule has 74 heavy (non-hydrogen) atoms. The molecule has 0 fully saturated rings. The summed E-state index contributed by atoms with van der Waals surface area (Å²) in [6, 6.07) is 73.7. The van der Waals surface area contributed by atoms with Crippen molar-refractivity contribution in [3.05, 3.63) is 269 Å². The van der Waals surface area contributed by atoms with E-state index in [0.717, 1.165) is 40.9 Å². The van der Waals surface area contributed by atoms with Crippen molar-refractivity contribution in [3.63, 3.8) is 0 Å². The molecule has 0 N–H and O–H groups in total. The van der Waals surface area contributed by atoms with Crippen molar-refractivity contribution >= 4 is 82.9 Å². The maximum Gasteiger partial charge on any atom is 0.0701 e. The quantitative estimate of drug-likeness (QED) is 0.169. The third kappa shape index (κ3) is 5.89. The Balaban J connectivity index is 0.850. The predicted octanol–water partition coefficient (Wildman–Crippen LogP) is 17.4. The van der Waals surface area contributed by atoms with Gasteiger partial charge in [-0.3, -0.25) is 4.99 Å². The third-order valence-electron chi connectivity index (χ3n) is 17.1. The summed E-state index contributed by atoms with van der Waals surface area (Å²) < 4.78 is 5.01. The SMILES string of the molecule is CC1(C)c2ccccc2-c2cc(C3=NC(c4cccc(N5C6=C(C=C(n7c8ccccc8c8ccccc87)CC6)C6C=C(n7c8ccccc8c8ccccc87)C=CC65)c4)[N-]c4ccc5ccccc5c43)ccc21. The first-order valence-corrected chi connectivity index (χ1v) is 26.2. The highest BCUT2D eigenvalue weighted by atomic mass is 15.2. The first-order chi connectivity index (χ1) is 36.5. The van der Waals surface area contributed by atoms with E-state index in [2.05, 4.69) is 252 Å². The topological polar surface area (TPSA) is 39.6 Å². The van der Waals surface area contributed by atoms with Crippen LogP contribution in [0.3, 0.4) is 0 Å². The van der Waals surface area contributed by atoms with Crippen LogP contribution < -0.4 is 4.90 Å². The Morgan fingerprint density at radius 1 is 0.554 bits per heavy atom. The first-order valence-electron chi connectivity index (χ1n) is 26.2. The summed E-state index contributed by atoms with van der Waals surface area (Å²) in [5, 5.41) is 13.0. The smallest absolute Gasteiger partial charge is 0.0701 e. The van der Waals surface area contributed by atoms with Crippen LogP contribution in [-0.4, -0.2) is 20.9 Å². The van der Waals surface area contributed by atoms with E-state index < -0.39 is 6.17 Å². The lowest BCUT2D eigenvalue weighted by atomic mass is 9.82. The first kappa shape index (κ1) is 41.7. The molecule has 2 aromatic heterocycles. The Labute approximate surface area is 430 Å². The molecule has 11 aromatic rings. The van der Waals surface area contributed by atoms with E-state index in [1.165, 1.54) is 105 Å². The summed E-state index contributed by atoms with van der Waals surface area (Å²) in [4.78, 5) is 8.37. The van der Waals surface area contributed by atoms with Crippen LogP contribution in [0.2, 0.25) is 0 Å². The molecule has 0 saturated carbocycles. The molecule has 0 bridgehead atoms. The van der Waals surface area contributed by atoms with Crippen molar-refractivity contribution in [1.29, 1.82) is 0 Å². The van der Waals surface area contributed by atoms with Gasteiger partial charge in [-0.05, 0) is 117 Å². The van der Waals surface area contributed by atoms with E-state index in [0.29, 0.717) is 0 Å². The Hall–Kier alpha value is -8.93. The van der Waals surface area contributed by atoms with E-state index in [-0.39, 0.29) is 17.4 Å². The third-order valence-corrected chi connectivity index (χ3v) is 17.1. The van der Waals surface area contributed by atoms with Crippen LogP contribution in [0.1, 0.15) is 60.7 Å². The summed E-state index contributed by atoms with van der Waals surface area (Å²) in [5.41, 5.74) is 22.0. The van der Waals surface area contributed by atoms with Gasteiger partial charge in [-0.2, -0.15) is 0 Å². The predicted molar refractivity (Wildman–Crippen MR) is 308 cm³/mol. The molecule has 5 aliphatic rings. The number of benzene rings is 9. The molecule has 5 nitrogen and oxygen atoms in total. The van der Waals surface area contributed by atoms with Crippen molar-refractivity contribution < 1.29 is 0 Å². The average molecular weight is 949 g/mol. The summed E-state index contributed by atoms with van der Waals surface area (Å²) >= 11 is 0. The number of rotatable bonds is 5. The largest absolute Gasteiger partial charge is 0.659 e. The molecule has 2 aliphatic heterocycles. The number of allylic oxidation sites excluding steroid dienone is 5. The minimum atomic E-state index is -0.431. The van der Waals surface area contributed by atoms with Gasteiger partial charge in [-0.25, -0.2) is 0 Å². The lowest BCUT2D eigenvalue weighted by Gasteiger charge is -2.39. The van der Waals surface area contributed by atoms with E-state index >= 15 is 0 Å². The molecule has 16 rings (SSSR count). The van der Waals surface area contributed by atoms with Gasteiger partial charge >= 0.3 is 0 Å². The molecule has 3 aliphatic carbocycles. The van der Waals surface area contributed by atoms with E-state index in [9.17, 15) is 0 Å². The Bertz CT molecular complexity index is 4310. The molecule has 352 valence electrons. The van der Waals surface area contributed by atoms with Gasteiger partial charge in [-0.1, -0.05) is 184 Å². The molecule has 4 heterocycles. The fraction of sp³-hybridized carbons (Fsp3) is 0.116. The maximum absolute atomic E-state index is 5.72. The molecule has 0 radical (unpaired) electrons. The zero-order valence-corrected chi connectivity index (χ0v) is 41.2. The van der Waals surface area contributed by atoms with Gasteiger partial charge in [0.05, 0.1) is 33.8 Å². The second kappa shape index (κ2) is 15.5. The van der Waals surface area contributed by atoms with Crippen molar-refractivity contribution in [2.24, 2.45) is 10.9 Å². The highest BCUT2D eigenvalue weighted by Crippen LogP contribution is 2.53. The van der Waals surface area contributed by atoms with E-state index in [4.69, 9.17) is 10.3 Å². The summed E-state index contributed by atoms with van der Waals surface area (Å²) in [6.45, 7) is 4.69. The molecule has 5 heteroatoms. The molecule has 0 saturated heterocycles. The van der Waals surface area contributed by atoms with Crippen molar-refractivity contribution in [1.82, 2.24) is 9.13 Å². The number of aliphatic imine (C=N–C) groups is 1. The summed E-state index contributed by atoms with van der Waals surface area (Å²) in [6.07, 6.45) is 11.3. The Kier molecular flexibility index (Phi) is 8.75. The van der Waals surface area contributed by atoms with E-state index in [1.54, 1.807) is 0 Å². The van der Waals surface area contributed by atoms with Crippen LogP contribution >= 0.6 is 0 Å². The minimum absolute atomic E-state index is 0.0776. The van der Waals surface area contributed by atoms with Gasteiger partial charge in [0.15, 0.2) is 0 Å². The average Bonchev–Trinajstić information content (AvgIpc) is 4.18. The Morgan fingerprint density at radius 2 is 1.19 bits per heavy atom. The highest BCUT2D eigenvalue weighted by Gasteiger charge is 2.42. The van der Waals surface area contributed by atoms with Crippen molar-refractivity contribution in [3.8, 4) is 11.1 Å². The van der Waals surface area contributed by atoms with Gasteiger partial charge < -0.3 is 19.4 Å². The molecular weight excluding hydrogens is 899 g/mol. The van der Waals surface area contributed by atoms with Gasteiger partial charge in [0.1, 0.15) is 0 Å². The van der Waals surface area contributed by atoms with Crippen LogP contribution in [0, 0.1) is 5.92 Å². The molecule has 3 unspecified atom stereocenters. The monoisotopic (exact) mass is 948 g/mol. The molecule has 0 amide bonds. The van der Waals surface area contributed by atoms with Gasteiger partial charge in [0, 0.05) is 67.4 Å². The number of nitrogens with zero attached hydrogens (tertiary/aromatic N) is 5. The molecule has 0 spiro atoms. The van der Waals surface area contributed by atoms with Crippen LogP contribution in [-0.2, 0) is 5.41 Å². The second-order valence-corrected chi connectivity index (χ2v) is 21.3. The van der Waals surface area contributed by atoms with Crippen molar-refractivity contribution in [2.45, 2.75) is 44.3 Å². The zero-order valence-electron chi connectivity index (χ0n) is 41.2. The molecule has 3 atom stereocenters. The molecular formula is C69H50N5-. The highest BCUT2D eigenvalue weighted by molar-refractivity contribution is 6.24. The second-order valence-electron chi connectivity index (χ2n) is 21.3. The number of fused-ring (bicyclic) bond motifs is 14. The minimum Gasteiger partial charge on any atom is -0.659 e. The zero-order chi connectivity index (χ0) is 48.8.